The molecule has 0 saturated carbocycles. The molecule has 2 atom stereocenters. The maximum absolute atomic E-state index is 12.0. The molecule has 1 rings (SSSR count). The highest BCUT2D eigenvalue weighted by Gasteiger charge is 2.14. The number of nitrogens with one attached hydrogen (secondary N) is 1. The maximum Gasteiger partial charge on any atom is 0.387 e. The monoisotopic (exact) mass is 272 g/mol. The van der Waals surface area contributed by atoms with Gasteiger partial charge in [-0.15, -0.1) is 0 Å². The molecule has 0 heterocycles. The number of hydrazine groups is 1. The van der Waals surface area contributed by atoms with Gasteiger partial charge in [-0.05, 0) is 30.0 Å². The van der Waals surface area contributed by atoms with Gasteiger partial charge in [0.2, 0.25) is 0 Å². The van der Waals surface area contributed by atoms with Crippen molar-refractivity contribution in [2.75, 3.05) is 0 Å². The van der Waals surface area contributed by atoms with Gasteiger partial charge in [0.15, 0.2) is 0 Å². The molecule has 0 fully saturated rings. The van der Waals surface area contributed by atoms with E-state index < -0.39 is 6.61 Å². The Kier molecular flexibility index (Phi) is 6.73. The molecule has 3 nitrogen and oxygen atoms in total. The summed E-state index contributed by atoms with van der Waals surface area (Å²) in [5.41, 5.74) is 3.76. The SMILES string of the molecule is CCCC(C)CC(NN)c1ccc(OC(F)F)cc1. The second-order valence-electron chi connectivity index (χ2n) is 4.80. The van der Waals surface area contributed by atoms with E-state index in [-0.39, 0.29) is 11.8 Å². The van der Waals surface area contributed by atoms with Gasteiger partial charge in [0.25, 0.3) is 0 Å². The van der Waals surface area contributed by atoms with Crippen molar-refractivity contribution in [2.24, 2.45) is 11.8 Å². The van der Waals surface area contributed by atoms with Crippen LogP contribution in [0.25, 0.3) is 0 Å². The Balaban J connectivity index is 2.65. The molecule has 0 aliphatic carbocycles. The van der Waals surface area contributed by atoms with Crippen LogP contribution in [-0.4, -0.2) is 6.61 Å². The van der Waals surface area contributed by atoms with E-state index >= 15 is 0 Å². The van der Waals surface area contributed by atoms with Crippen molar-refractivity contribution in [2.45, 2.75) is 45.8 Å². The van der Waals surface area contributed by atoms with E-state index in [0.717, 1.165) is 24.8 Å². The fourth-order valence-electron chi connectivity index (χ4n) is 2.19. The lowest BCUT2D eigenvalue weighted by Crippen LogP contribution is -2.29. The molecule has 0 radical (unpaired) electrons. The van der Waals surface area contributed by atoms with Crippen molar-refractivity contribution < 1.29 is 13.5 Å². The molecule has 3 N–H and O–H groups in total. The number of halogens is 2. The minimum Gasteiger partial charge on any atom is -0.435 e. The van der Waals surface area contributed by atoms with E-state index in [9.17, 15) is 8.78 Å². The molecule has 0 saturated heterocycles. The highest BCUT2D eigenvalue weighted by atomic mass is 19.3. The molecule has 2 unspecified atom stereocenters. The Morgan fingerprint density at radius 1 is 1.26 bits per heavy atom. The predicted octanol–water partition coefficient (Wildman–Crippen LogP) is 3.62. The Hall–Kier alpha value is -1.20. The van der Waals surface area contributed by atoms with Gasteiger partial charge in [-0.25, -0.2) is 0 Å². The molecule has 0 bridgehead atoms. The molecule has 0 amide bonds. The first-order chi connectivity index (χ1) is 9.06. The molecule has 0 aliphatic heterocycles. The first-order valence-corrected chi connectivity index (χ1v) is 6.57. The van der Waals surface area contributed by atoms with Crippen molar-refractivity contribution in [3.05, 3.63) is 29.8 Å². The zero-order chi connectivity index (χ0) is 14.3. The lowest BCUT2D eigenvalue weighted by Gasteiger charge is -2.20. The van der Waals surface area contributed by atoms with Crippen molar-refractivity contribution >= 4 is 0 Å². The highest BCUT2D eigenvalue weighted by Crippen LogP contribution is 2.25. The molecule has 0 aromatic heterocycles. The minimum absolute atomic E-state index is 0.0298. The van der Waals surface area contributed by atoms with Crippen LogP contribution >= 0.6 is 0 Å². The molecule has 5 heteroatoms. The Labute approximate surface area is 113 Å². The number of alkyl halides is 2. The number of hydrogen-bond acceptors (Lipinski definition) is 3. The number of hydrogen-bond donors (Lipinski definition) is 2. The lowest BCUT2D eigenvalue weighted by molar-refractivity contribution is -0.0498. The average Bonchev–Trinajstić information content (AvgIpc) is 2.37. The van der Waals surface area contributed by atoms with Crippen molar-refractivity contribution in [1.82, 2.24) is 5.43 Å². The van der Waals surface area contributed by atoms with Crippen LogP contribution in [0.1, 0.15) is 44.7 Å². The van der Waals surface area contributed by atoms with Crippen molar-refractivity contribution in [3.8, 4) is 5.75 Å². The molecule has 108 valence electrons. The van der Waals surface area contributed by atoms with Crippen LogP contribution in [0.15, 0.2) is 24.3 Å². The molecule has 1 aromatic rings. The Morgan fingerprint density at radius 3 is 2.37 bits per heavy atom. The van der Waals surface area contributed by atoms with Crippen LogP contribution in [0.5, 0.6) is 5.75 Å². The van der Waals surface area contributed by atoms with Gasteiger partial charge in [0.1, 0.15) is 5.75 Å². The fraction of sp³-hybridized carbons (Fsp3) is 0.571. The van der Waals surface area contributed by atoms with Gasteiger partial charge >= 0.3 is 6.61 Å². The summed E-state index contributed by atoms with van der Waals surface area (Å²) >= 11 is 0. The van der Waals surface area contributed by atoms with Crippen LogP contribution in [0.2, 0.25) is 0 Å². The van der Waals surface area contributed by atoms with Gasteiger partial charge in [0, 0.05) is 6.04 Å². The van der Waals surface area contributed by atoms with E-state index in [4.69, 9.17) is 5.84 Å². The summed E-state index contributed by atoms with van der Waals surface area (Å²) in [4.78, 5) is 0. The largest absolute Gasteiger partial charge is 0.435 e. The number of rotatable bonds is 8. The summed E-state index contributed by atoms with van der Waals surface area (Å²) in [6, 6.07) is 6.64. The minimum atomic E-state index is -2.79. The summed E-state index contributed by atoms with van der Waals surface area (Å²) in [6.07, 6.45) is 3.20. The zero-order valence-electron chi connectivity index (χ0n) is 11.4. The van der Waals surface area contributed by atoms with E-state index in [1.54, 1.807) is 12.1 Å². The topological polar surface area (TPSA) is 47.3 Å². The number of ether oxygens (including phenoxy) is 1. The van der Waals surface area contributed by atoms with E-state index in [1.165, 1.54) is 12.1 Å². The molecule has 0 spiro atoms. The Bertz CT molecular complexity index is 357. The van der Waals surface area contributed by atoms with Gasteiger partial charge in [-0.2, -0.15) is 8.78 Å². The first kappa shape index (κ1) is 15.9. The predicted molar refractivity (Wildman–Crippen MR) is 71.8 cm³/mol. The van der Waals surface area contributed by atoms with Gasteiger partial charge < -0.3 is 4.74 Å². The second kappa shape index (κ2) is 8.07. The zero-order valence-corrected chi connectivity index (χ0v) is 11.4. The third-order valence-electron chi connectivity index (χ3n) is 3.13. The number of nitrogens with two attached hydrogens (primary N) is 1. The van der Waals surface area contributed by atoms with Crippen molar-refractivity contribution in [1.29, 1.82) is 0 Å². The van der Waals surface area contributed by atoms with Gasteiger partial charge in [-0.3, -0.25) is 11.3 Å². The summed E-state index contributed by atoms with van der Waals surface area (Å²) in [5, 5.41) is 0. The molecular weight excluding hydrogens is 250 g/mol. The van der Waals surface area contributed by atoms with Gasteiger partial charge in [0.05, 0.1) is 0 Å². The van der Waals surface area contributed by atoms with E-state index in [0.29, 0.717) is 5.92 Å². The Morgan fingerprint density at radius 2 is 1.89 bits per heavy atom. The second-order valence-corrected chi connectivity index (χ2v) is 4.80. The molecule has 0 aliphatic rings. The van der Waals surface area contributed by atoms with E-state index in [1.807, 2.05) is 0 Å². The summed E-state index contributed by atoms with van der Waals surface area (Å²) in [6.45, 7) is 1.54. The third kappa shape index (κ3) is 5.53. The average molecular weight is 272 g/mol. The van der Waals surface area contributed by atoms with Crippen LogP contribution in [0, 0.1) is 5.92 Å². The lowest BCUT2D eigenvalue weighted by atomic mass is 9.93. The van der Waals surface area contributed by atoms with Crippen LogP contribution < -0.4 is 16.0 Å². The maximum atomic E-state index is 12.0. The van der Waals surface area contributed by atoms with Crippen LogP contribution in [0.3, 0.4) is 0 Å². The molecule has 1 aromatic carbocycles. The van der Waals surface area contributed by atoms with Gasteiger partial charge in [-0.1, -0.05) is 38.8 Å². The van der Waals surface area contributed by atoms with E-state index in [2.05, 4.69) is 24.0 Å². The third-order valence-corrected chi connectivity index (χ3v) is 3.13. The quantitative estimate of drug-likeness (QED) is 0.561. The summed E-state index contributed by atoms with van der Waals surface area (Å²) < 4.78 is 28.4. The fourth-order valence-corrected chi connectivity index (χ4v) is 2.19. The van der Waals surface area contributed by atoms with Crippen molar-refractivity contribution in [3.63, 3.8) is 0 Å². The highest BCUT2D eigenvalue weighted by molar-refractivity contribution is 5.29. The van der Waals surface area contributed by atoms with Crippen LogP contribution in [-0.2, 0) is 0 Å². The first-order valence-electron chi connectivity index (χ1n) is 6.57. The van der Waals surface area contributed by atoms with Crippen LogP contribution in [0.4, 0.5) is 8.78 Å². The molecular formula is C14H22F2N2O. The summed E-state index contributed by atoms with van der Waals surface area (Å²) in [7, 11) is 0. The molecule has 19 heavy (non-hydrogen) atoms. The smallest absolute Gasteiger partial charge is 0.387 e. The normalized spacial score (nSPS) is 14.4. The summed E-state index contributed by atoms with van der Waals surface area (Å²) in [5.74, 6) is 6.29. The standard InChI is InChI=1S/C14H22F2N2O/c1-3-4-10(2)9-13(18-17)11-5-7-12(8-6-11)19-14(15)16/h5-8,10,13-14,18H,3-4,9,17H2,1-2H3. The number of benzene rings is 1.